The molecule has 0 saturated heterocycles. The van der Waals surface area contributed by atoms with E-state index in [-0.39, 0.29) is 11.3 Å². The first-order valence-corrected chi connectivity index (χ1v) is 5.19. The molecule has 1 aliphatic carbocycles. The average Bonchev–Trinajstić information content (AvgIpc) is 3.09. The molecule has 0 unspecified atom stereocenters. The van der Waals surface area contributed by atoms with Crippen molar-refractivity contribution in [3.05, 3.63) is 33.9 Å². The molecule has 0 radical (unpaired) electrons. The molecule has 92 valence electrons. The molecule has 0 spiro atoms. The molecular weight excluding hydrogens is 238 g/mol. The van der Waals surface area contributed by atoms with Crippen LogP contribution in [0.1, 0.15) is 18.4 Å². The number of nitrogens with one attached hydrogen (secondary N) is 1. The summed E-state index contributed by atoms with van der Waals surface area (Å²) in [6, 6.07) is 5.61. The Hall–Kier alpha value is -2.62. The molecule has 0 amide bonds. The molecule has 7 nitrogen and oxygen atoms in total. The summed E-state index contributed by atoms with van der Waals surface area (Å²) >= 11 is 0. The van der Waals surface area contributed by atoms with Crippen LogP contribution in [0.15, 0.2) is 18.2 Å². The van der Waals surface area contributed by atoms with Gasteiger partial charge in [-0.3, -0.25) is 10.1 Å². The quantitative estimate of drug-likeness (QED) is 0.615. The van der Waals surface area contributed by atoms with Gasteiger partial charge in [-0.15, -0.1) is 0 Å². The van der Waals surface area contributed by atoms with Gasteiger partial charge in [-0.25, -0.2) is 4.79 Å². The van der Waals surface area contributed by atoms with Crippen LogP contribution < -0.4 is 5.32 Å². The predicted molar refractivity (Wildman–Crippen MR) is 61.0 cm³/mol. The second-order valence-corrected chi connectivity index (χ2v) is 4.11. The van der Waals surface area contributed by atoms with E-state index in [9.17, 15) is 14.9 Å². The fraction of sp³-hybridized carbons (Fsp3) is 0.273. The third-order valence-corrected chi connectivity index (χ3v) is 2.86. The molecule has 1 aromatic rings. The standard InChI is InChI=1S/C11H9N3O4/c12-6-7-5-8(1-2-9(7)14(17)18)13-11(3-4-11)10(15)16/h1-2,5,13H,3-4H2,(H,15,16). The summed E-state index contributed by atoms with van der Waals surface area (Å²) in [6.07, 6.45) is 1.00. The van der Waals surface area contributed by atoms with Crippen LogP contribution in [-0.2, 0) is 4.79 Å². The largest absolute Gasteiger partial charge is 0.480 e. The molecule has 0 aliphatic heterocycles. The first-order chi connectivity index (χ1) is 8.48. The Bertz CT molecular complexity index is 572. The summed E-state index contributed by atoms with van der Waals surface area (Å²) in [5.74, 6) is -0.959. The van der Waals surface area contributed by atoms with Crippen LogP contribution in [0.3, 0.4) is 0 Å². The molecular formula is C11H9N3O4. The van der Waals surface area contributed by atoms with Crippen LogP contribution in [0.4, 0.5) is 11.4 Å². The van der Waals surface area contributed by atoms with Gasteiger partial charge in [0.2, 0.25) is 0 Å². The second kappa shape index (κ2) is 4.00. The van der Waals surface area contributed by atoms with Crippen LogP contribution >= 0.6 is 0 Å². The van der Waals surface area contributed by atoms with Crippen molar-refractivity contribution in [3.8, 4) is 6.07 Å². The lowest BCUT2D eigenvalue weighted by Crippen LogP contribution is -2.31. The fourth-order valence-electron chi connectivity index (χ4n) is 1.66. The molecule has 2 rings (SSSR count). The number of rotatable bonds is 4. The van der Waals surface area contributed by atoms with E-state index in [1.165, 1.54) is 18.2 Å². The third kappa shape index (κ3) is 1.96. The highest BCUT2D eigenvalue weighted by Gasteiger charge is 2.50. The summed E-state index contributed by atoms with van der Waals surface area (Å²) in [4.78, 5) is 21.0. The minimum Gasteiger partial charge on any atom is -0.480 e. The Morgan fingerprint density at radius 2 is 2.22 bits per heavy atom. The monoisotopic (exact) mass is 247 g/mol. The van der Waals surface area contributed by atoms with E-state index in [2.05, 4.69) is 5.32 Å². The predicted octanol–water partition coefficient (Wildman–Crippen LogP) is 1.50. The number of nitriles is 1. The lowest BCUT2D eigenvalue weighted by Gasteiger charge is -2.13. The number of anilines is 1. The summed E-state index contributed by atoms with van der Waals surface area (Å²) in [6.45, 7) is 0. The number of carboxylic acids is 1. The number of nitro groups is 1. The van der Waals surface area contributed by atoms with E-state index < -0.39 is 16.4 Å². The van der Waals surface area contributed by atoms with Gasteiger partial charge in [-0.1, -0.05) is 0 Å². The number of nitrogens with zero attached hydrogens (tertiary/aromatic N) is 2. The van der Waals surface area contributed by atoms with Crippen LogP contribution in [0, 0.1) is 21.4 Å². The maximum Gasteiger partial charge on any atom is 0.329 e. The molecule has 2 N–H and O–H groups in total. The fourth-order valence-corrected chi connectivity index (χ4v) is 1.66. The SMILES string of the molecule is N#Cc1cc(NC2(C(=O)O)CC2)ccc1[N+](=O)[O-]. The number of hydrogen-bond donors (Lipinski definition) is 2. The van der Waals surface area contributed by atoms with Crippen molar-refractivity contribution in [2.24, 2.45) is 0 Å². The van der Waals surface area contributed by atoms with Gasteiger partial charge < -0.3 is 10.4 Å². The number of carbonyl (C=O) groups is 1. The molecule has 1 aromatic carbocycles. The number of carboxylic acid groups (broad SMARTS) is 1. The Labute approximate surface area is 102 Å². The molecule has 18 heavy (non-hydrogen) atoms. The van der Waals surface area contributed by atoms with Crippen LogP contribution in [0.5, 0.6) is 0 Å². The van der Waals surface area contributed by atoms with Crippen molar-refractivity contribution in [1.29, 1.82) is 5.26 Å². The number of nitro benzene ring substituents is 1. The lowest BCUT2D eigenvalue weighted by molar-refractivity contribution is -0.385. The highest BCUT2D eigenvalue weighted by atomic mass is 16.6. The van der Waals surface area contributed by atoms with E-state index in [4.69, 9.17) is 10.4 Å². The van der Waals surface area contributed by atoms with Gasteiger partial charge in [0.05, 0.1) is 4.92 Å². The van der Waals surface area contributed by atoms with Crippen molar-refractivity contribution >= 4 is 17.3 Å². The van der Waals surface area contributed by atoms with Gasteiger partial charge in [0.1, 0.15) is 17.2 Å². The van der Waals surface area contributed by atoms with Crippen molar-refractivity contribution in [2.45, 2.75) is 18.4 Å². The molecule has 0 atom stereocenters. The molecule has 7 heteroatoms. The topological polar surface area (TPSA) is 116 Å². The molecule has 0 heterocycles. The van der Waals surface area contributed by atoms with Crippen LogP contribution in [0.25, 0.3) is 0 Å². The molecule has 0 bridgehead atoms. The third-order valence-electron chi connectivity index (χ3n) is 2.86. The zero-order valence-electron chi connectivity index (χ0n) is 9.21. The van der Waals surface area contributed by atoms with E-state index in [0.29, 0.717) is 18.5 Å². The van der Waals surface area contributed by atoms with Gasteiger partial charge >= 0.3 is 5.97 Å². The van der Waals surface area contributed by atoms with Gasteiger partial charge in [0.15, 0.2) is 0 Å². The van der Waals surface area contributed by atoms with Gasteiger partial charge in [0.25, 0.3) is 5.69 Å². The normalized spacial score (nSPS) is 15.5. The maximum atomic E-state index is 11.0. The minimum atomic E-state index is -0.983. The molecule has 1 saturated carbocycles. The Morgan fingerprint density at radius 1 is 1.56 bits per heavy atom. The smallest absolute Gasteiger partial charge is 0.329 e. The summed E-state index contributed by atoms with van der Waals surface area (Å²) in [7, 11) is 0. The number of benzene rings is 1. The van der Waals surface area contributed by atoms with Crippen molar-refractivity contribution in [2.75, 3.05) is 5.32 Å². The van der Waals surface area contributed by atoms with E-state index in [1.54, 1.807) is 6.07 Å². The summed E-state index contributed by atoms with van der Waals surface area (Å²) < 4.78 is 0. The summed E-state index contributed by atoms with van der Waals surface area (Å²) in [5, 5.41) is 31.2. The average molecular weight is 247 g/mol. The molecule has 1 aliphatic rings. The van der Waals surface area contributed by atoms with Crippen LogP contribution in [0.2, 0.25) is 0 Å². The van der Waals surface area contributed by atoms with Crippen molar-refractivity contribution < 1.29 is 14.8 Å². The van der Waals surface area contributed by atoms with E-state index in [0.717, 1.165) is 0 Å². The minimum absolute atomic E-state index is 0.0915. The first kappa shape index (κ1) is 11.9. The second-order valence-electron chi connectivity index (χ2n) is 4.11. The van der Waals surface area contributed by atoms with Gasteiger partial charge in [0, 0.05) is 11.8 Å². The van der Waals surface area contributed by atoms with Gasteiger partial charge in [-0.2, -0.15) is 5.26 Å². The lowest BCUT2D eigenvalue weighted by atomic mass is 10.1. The van der Waals surface area contributed by atoms with E-state index in [1.807, 2.05) is 0 Å². The Kier molecular flexibility index (Phi) is 2.63. The zero-order valence-corrected chi connectivity index (χ0v) is 9.21. The molecule has 1 fully saturated rings. The Morgan fingerprint density at radius 3 is 2.67 bits per heavy atom. The van der Waals surface area contributed by atoms with Crippen LogP contribution in [-0.4, -0.2) is 21.5 Å². The number of hydrogen-bond acceptors (Lipinski definition) is 5. The summed E-state index contributed by atoms with van der Waals surface area (Å²) in [5.41, 5.74) is -0.963. The maximum absolute atomic E-state index is 11.0. The molecule has 0 aromatic heterocycles. The first-order valence-electron chi connectivity index (χ1n) is 5.19. The highest BCUT2D eigenvalue weighted by molar-refractivity contribution is 5.86. The van der Waals surface area contributed by atoms with E-state index >= 15 is 0 Å². The van der Waals surface area contributed by atoms with Gasteiger partial charge in [-0.05, 0) is 25.0 Å². The number of aliphatic carboxylic acids is 1. The Balaban J connectivity index is 2.29. The zero-order chi connectivity index (χ0) is 13.3. The van der Waals surface area contributed by atoms with Crippen molar-refractivity contribution in [1.82, 2.24) is 0 Å². The van der Waals surface area contributed by atoms with Crippen molar-refractivity contribution in [3.63, 3.8) is 0 Å². The highest BCUT2D eigenvalue weighted by Crippen LogP contribution is 2.39.